The normalized spacial score (nSPS) is 11.7. The molecule has 0 amide bonds. The van der Waals surface area contributed by atoms with Gasteiger partial charge in [0.1, 0.15) is 0 Å². The topological polar surface area (TPSA) is 45.5 Å². The van der Waals surface area contributed by atoms with Crippen LogP contribution < -0.4 is 5.32 Å². The highest BCUT2D eigenvalue weighted by atomic mass is 32.1. The van der Waals surface area contributed by atoms with Gasteiger partial charge in [-0.25, -0.2) is 4.98 Å². The first-order valence-corrected chi connectivity index (χ1v) is 7.97. The van der Waals surface area contributed by atoms with E-state index in [0.717, 1.165) is 24.6 Å². The SMILES string of the molecule is CCc1nc(CNC(=NC)N(C)Cc2cccn2C)cs1. The fourth-order valence-electron chi connectivity index (χ4n) is 2.13. The van der Waals surface area contributed by atoms with E-state index in [9.17, 15) is 0 Å². The van der Waals surface area contributed by atoms with E-state index >= 15 is 0 Å². The third-order valence-corrected chi connectivity index (χ3v) is 4.40. The smallest absolute Gasteiger partial charge is 0.194 e. The Morgan fingerprint density at radius 1 is 1.52 bits per heavy atom. The highest BCUT2D eigenvalue weighted by Crippen LogP contribution is 2.10. The van der Waals surface area contributed by atoms with Gasteiger partial charge in [0.05, 0.1) is 23.8 Å². The Kier molecular flexibility index (Phi) is 5.38. The lowest BCUT2D eigenvalue weighted by Crippen LogP contribution is -2.38. The Morgan fingerprint density at radius 3 is 2.90 bits per heavy atom. The number of thiazole rings is 1. The Hall–Kier alpha value is -1.82. The van der Waals surface area contributed by atoms with Gasteiger partial charge in [-0.05, 0) is 18.6 Å². The number of guanidine groups is 1. The highest BCUT2D eigenvalue weighted by Gasteiger charge is 2.09. The van der Waals surface area contributed by atoms with Crippen LogP contribution in [0.1, 0.15) is 23.3 Å². The van der Waals surface area contributed by atoms with Crippen LogP contribution >= 0.6 is 11.3 Å². The van der Waals surface area contributed by atoms with Crippen molar-refractivity contribution in [3.05, 3.63) is 40.1 Å². The second kappa shape index (κ2) is 7.26. The van der Waals surface area contributed by atoms with E-state index in [1.807, 2.05) is 14.1 Å². The molecule has 1 N–H and O–H groups in total. The summed E-state index contributed by atoms with van der Waals surface area (Å²) in [6.45, 7) is 3.66. The van der Waals surface area contributed by atoms with Crippen molar-refractivity contribution in [2.24, 2.45) is 12.0 Å². The Balaban J connectivity index is 1.92. The second-order valence-corrected chi connectivity index (χ2v) is 5.90. The van der Waals surface area contributed by atoms with Crippen LogP contribution in [0, 0.1) is 0 Å². The lowest BCUT2D eigenvalue weighted by atomic mass is 10.4. The average Bonchev–Trinajstić information content (AvgIpc) is 3.09. The van der Waals surface area contributed by atoms with Crippen molar-refractivity contribution in [1.82, 2.24) is 19.8 Å². The van der Waals surface area contributed by atoms with E-state index in [1.54, 1.807) is 11.3 Å². The lowest BCUT2D eigenvalue weighted by molar-refractivity contribution is 0.461. The molecule has 21 heavy (non-hydrogen) atoms. The molecule has 0 saturated heterocycles. The van der Waals surface area contributed by atoms with Gasteiger partial charge >= 0.3 is 0 Å². The molecule has 0 aliphatic rings. The molecule has 0 radical (unpaired) electrons. The summed E-state index contributed by atoms with van der Waals surface area (Å²) in [7, 11) is 5.91. The Bertz CT molecular complexity index is 599. The molecule has 2 heterocycles. The van der Waals surface area contributed by atoms with Gasteiger partial charge in [-0.15, -0.1) is 11.3 Å². The van der Waals surface area contributed by atoms with E-state index < -0.39 is 0 Å². The van der Waals surface area contributed by atoms with E-state index in [0.29, 0.717) is 6.54 Å². The molecule has 0 bridgehead atoms. The van der Waals surface area contributed by atoms with Crippen LogP contribution in [0.5, 0.6) is 0 Å². The van der Waals surface area contributed by atoms with Crippen LogP contribution in [0.2, 0.25) is 0 Å². The quantitative estimate of drug-likeness (QED) is 0.681. The maximum atomic E-state index is 4.56. The molecule has 2 rings (SSSR count). The molecule has 0 aliphatic carbocycles. The number of hydrogen-bond donors (Lipinski definition) is 1. The molecule has 0 aliphatic heterocycles. The largest absolute Gasteiger partial charge is 0.353 e. The first-order chi connectivity index (χ1) is 10.1. The maximum absolute atomic E-state index is 4.56. The van der Waals surface area contributed by atoms with Gasteiger partial charge in [0.2, 0.25) is 0 Å². The van der Waals surface area contributed by atoms with E-state index in [-0.39, 0.29) is 0 Å². The summed E-state index contributed by atoms with van der Waals surface area (Å²) in [5, 5.41) is 6.65. The minimum Gasteiger partial charge on any atom is -0.353 e. The molecule has 2 aromatic rings. The zero-order chi connectivity index (χ0) is 15.2. The standard InChI is InChI=1S/C15H23N5S/c1-5-14-18-12(11-21-14)9-17-15(16-2)20(4)10-13-7-6-8-19(13)3/h6-8,11H,5,9-10H2,1-4H3,(H,16,17). The number of aliphatic imine (C=N–C) groups is 1. The molecule has 0 saturated carbocycles. The number of hydrogen-bond acceptors (Lipinski definition) is 3. The zero-order valence-corrected chi connectivity index (χ0v) is 13.9. The van der Waals surface area contributed by atoms with Crippen molar-refractivity contribution >= 4 is 17.3 Å². The second-order valence-electron chi connectivity index (χ2n) is 4.95. The van der Waals surface area contributed by atoms with Gasteiger partial charge in [0, 0.05) is 38.4 Å². The first-order valence-electron chi connectivity index (χ1n) is 7.09. The molecule has 114 valence electrons. The molecule has 5 nitrogen and oxygen atoms in total. The third kappa shape index (κ3) is 4.07. The number of nitrogens with one attached hydrogen (secondary N) is 1. The summed E-state index contributed by atoms with van der Waals surface area (Å²) in [5.41, 5.74) is 2.33. The first kappa shape index (κ1) is 15.6. The third-order valence-electron chi connectivity index (χ3n) is 3.35. The monoisotopic (exact) mass is 305 g/mol. The summed E-state index contributed by atoms with van der Waals surface area (Å²) >= 11 is 1.72. The Morgan fingerprint density at radius 2 is 2.33 bits per heavy atom. The number of rotatable bonds is 5. The van der Waals surface area contributed by atoms with Crippen molar-refractivity contribution < 1.29 is 0 Å². The van der Waals surface area contributed by atoms with Gasteiger partial charge in [-0.3, -0.25) is 4.99 Å². The van der Waals surface area contributed by atoms with Crippen molar-refractivity contribution in [2.75, 3.05) is 14.1 Å². The molecule has 0 spiro atoms. The zero-order valence-electron chi connectivity index (χ0n) is 13.1. The molecule has 2 aromatic heterocycles. The summed E-state index contributed by atoms with van der Waals surface area (Å²) in [6, 6.07) is 4.18. The van der Waals surface area contributed by atoms with Gasteiger partial charge in [0.25, 0.3) is 0 Å². The summed E-state index contributed by atoms with van der Waals surface area (Å²) in [6.07, 6.45) is 3.05. The summed E-state index contributed by atoms with van der Waals surface area (Å²) < 4.78 is 2.12. The summed E-state index contributed by atoms with van der Waals surface area (Å²) in [4.78, 5) is 11.0. The molecule has 0 atom stereocenters. The van der Waals surface area contributed by atoms with Crippen molar-refractivity contribution in [1.29, 1.82) is 0 Å². The predicted molar refractivity (Wildman–Crippen MR) is 88.6 cm³/mol. The lowest BCUT2D eigenvalue weighted by Gasteiger charge is -2.22. The van der Waals surface area contributed by atoms with Crippen LogP contribution in [0.15, 0.2) is 28.7 Å². The average molecular weight is 305 g/mol. The van der Waals surface area contributed by atoms with Gasteiger partial charge in [-0.2, -0.15) is 0 Å². The van der Waals surface area contributed by atoms with E-state index in [2.05, 4.69) is 62.4 Å². The van der Waals surface area contributed by atoms with Crippen LogP contribution in [-0.4, -0.2) is 34.5 Å². The van der Waals surface area contributed by atoms with Crippen LogP contribution in [0.25, 0.3) is 0 Å². The van der Waals surface area contributed by atoms with Crippen molar-refractivity contribution in [3.8, 4) is 0 Å². The van der Waals surface area contributed by atoms with Gasteiger partial charge in [-0.1, -0.05) is 6.92 Å². The van der Waals surface area contributed by atoms with Crippen molar-refractivity contribution in [2.45, 2.75) is 26.4 Å². The molecular formula is C15H23N5S. The maximum Gasteiger partial charge on any atom is 0.194 e. The Labute approximate surface area is 130 Å². The van der Waals surface area contributed by atoms with E-state index in [1.165, 1.54) is 10.7 Å². The fourth-order valence-corrected chi connectivity index (χ4v) is 2.87. The van der Waals surface area contributed by atoms with Crippen LogP contribution in [0.4, 0.5) is 0 Å². The minimum absolute atomic E-state index is 0.709. The molecule has 0 unspecified atom stereocenters. The predicted octanol–water partition coefficient (Wildman–Crippen LogP) is 2.25. The van der Waals surface area contributed by atoms with Gasteiger partial charge < -0.3 is 14.8 Å². The number of nitrogens with zero attached hydrogens (tertiary/aromatic N) is 4. The van der Waals surface area contributed by atoms with Gasteiger partial charge in [0.15, 0.2) is 5.96 Å². The minimum atomic E-state index is 0.709. The van der Waals surface area contributed by atoms with Crippen LogP contribution in [-0.2, 0) is 26.6 Å². The summed E-state index contributed by atoms with van der Waals surface area (Å²) in [5.74, 6) is 0.877. The highest BCUT2D eigenvalue weighted by molar-refractivity contribution is 7.09. The van der Waals surface area contributed by atoms with E-state index in [4.69, 9.17) is 0 Å². The molecular weight excluding hydrogens is 282 g/mol. The van der Waals surface area contributed by atoms with Crippen molar-refractivity contribution in [3.63, 3.8) is 0 Å². The fraction of sp³-hybridized carbons (Fsp3) is 0.467. The molecule has 6 heteroatoms. The molecule has 0 aromatic carbocycles. The van der Waals surface area contributed by atoms with Crippen LogP contribution in [0.3, 0.4) is 0 Å². The number of aryl methyl sites for hydroxylation is 2. The number of aromatic nitrogens is 2. The molecule has 0 fully saturated rings.